The predicted octanol–water partition coefficient (Wildman–Crippen LogP) is 6.55. The highest BCUT2D eigenvalue weighted by atomic mass is 35.5. The molecule has 1 amide bonds. The van der Waals surface area contributed by atoms with Crippen LogP contribution in [-0.4, -0.2) is 28.5 Å². The highest BCUT2D eigenvalue weighted by molar-refractivity contribution is 7.80. The fraction of sp³-hybridized carbons (Fsp3) is 0.481. The van der Waals surface area contributed by atoms with Crippen molar-refractivity contribution >= 4 is 52.1 Å². The van der Waals surface area contributed by atoms with Gasteiger partial charge in [-0.05, 0) is 96.1 Å². The van der Waals surface area contributed by atoms with E-state index >= 15 is 0 Å². The summed E-state index contributed by atoms with van der Waals surface area (Å²) >= 11 is 17.9. The van der Waals surface area contributed by atoms with E-state index in [2.05, 4.69) is 31.4 Å². The maximum Gasteiger partial charge on any atom is 0.254 e. The van der Waals surface area contributed by atoms with Crippen LogP contribution in [0, 0.1) is 23.2 Å². The van der Waals surface area contributed by atoms with Crippen LogP contribution in [0.2, 0.25) is 10.0 Å². The van der Waals surface area contributed by atoms with Gasteiger partial charge < -0.3 is 15.5 Å². The Hall–Kier alpha value is -1.82. The van der Waals surface area contributed by atoms with Crippen molar-refractivity contribution in [1.29, 1.82) is 0 Å². The van der Waals surface area contributed by atoms with Crippen molar-refractivity contribution in [1.82, 2.24) is 10.2 Å². The number of benzene rings is 2. The minimum atomic E-state index is 0.0604. The maximum absolute atomic E-state index is 12.9. The van der Waals surface area contributed by atoms with Crippen LogP contribution in [0.3, 0.4) is 0 Å². The lowest BCUT2D eigenvalue weighted by Gasteiger charge is -2.62. The summed E-state index contributed by atoms with van der Waals surface area (Å²) in [5.41, 5.74) is 4.15. The number of carbonyl (C=O) groups excluding carboxylic acids is 1. The molecule has 2 aromatic rings. The van der Waals surface area contributed by atoms with E-state index in [1.165, 1.54) is 12.8 Å². The van der Waals surface area contributed by atoms with E-state index in [-0.39, 0.29) is 5.91 Å². The molecule has 3 fully saturated rings. The van der Waals surface area contributed by atoms with Crippen LogP contribution >= 0.6 is 35.4 Å². The number of rotatable bonds is 5. The first-order valence-corrected chi connectivity index (χ1v) is 13.2. The van der Waals surface area contributed by atoms with Gasteiger partial charge >= 0.3 is 0 Å². The van der Waals surface area contributed by atoms with Gasteiger partial charge in [-0.2, -0.15) is 0 Å². The highest BCUT2D eigenvalue weighted by Crippen LogP contribution is 2.61. The quantitative estimate of drug-likeness (QED) is 0.443. The molecule has 0 saturated heterocycles. The third-order valence-corrected chi connectivity index (χ3v) is 9.39. The van der Waals surface area contributed by atoms with Gasteiger partial charge in [-0.25, -0.2) is 0 Å². The molecule has 6 rings (SSSR count). The molecule has 7 heteroatoms. The summed E-state index contributed by atoms with van der Waals surface area (Å²) in [6.45, 7) is 8.38. The van der Waals surface area contributed by atoms with Crippen molar-refractivity contribution in [2.45, 2.75) is 52.6 Å². The monoisotopic (exact) mass is 515 g/mol. The number of amides is 1. The Balaban J connectivity index is 1.18. The molecule has 3 aliphatic carbocycles. The summed E-state index contributed by atoms with van der Waals surface area (Å²) in [7, 11) is 0. The van der Waals surface area contributed by atoms with E-state index in [0.717, 1.165) is 34.2 Å². The number of nitrogens with zero attached hydrogens (tertiary/aromatic N) is 1. The molecular formula is C27H31Cl2N3OS. The number of carbonyl (C=O) groups is 1. The lowest BCUT2D eigenvalue weighted by Crippen LogP contribution is -2.61. The number of hydrogen-bond acceptors (Lipinski definition) is 2. The minimum Gasteiger partial charge on any atom is -0.359 e. The standard InChI is InChI=1S/C27H31Cl2N3OS/c1-15-22-11-18(27(22,2)3)12-24(15)31-26(34)30-20-6-7-21-17(10-20)14-32(25(21)33)9-8-16-4-5-19(28)13-23(16)29/h4-7,10,13,15,18,22,24H,8-9,11-12,14H2,1-3H3,(H2,30,31,34). The molecule has 3 saturated carbocycles. The highest BCUT2D eigenvalue weighted by Gasteiger charge is 2.56. The molecule has 1 heterocycles. The van der Waals surface area contributed by atoms with Crippen LogP contribution in [0.1, 0.15) is 55.1 Å². The first-order valence-electron chi connectivity index (χ1n) is 12.1. The molecule has 34 heavy (non-hydrogen) atoms. The summed E-state index contributed by atoms with van der Waals surface area (Å²) in [5, 5.41) is 8.83. The van der Waals surface area contributed by atoms with Gasteiger partial charge in [0.05, 0.1) is 0 Å². The fourth-order valence-corrected chi connectivity index (χ4v) is 7.07. The first-order chi connectivity index (χ1) is 16.1. The molecule has 0 spiro atoms. The summed E-state index contributed by atoms with van der Waals surface area (Å²) < 4.78 is 0. The molecule has 0 aromatic heterocycles. The van der Waals surface area contributed by atoms with Crippen LogP contribution in [0.5, 0.6) is 0 Å². The number of anilines is 1. The largest absolute Gasteiger partial charge is 0.359 e. The third kappa shape index (κ3) is 4.31. The molecule has 2 aromatic carbocycles. The fourth-order valence-electron chi connectivity index (χ4n) is 6.30. The Morgan fingerprint density at radius 2 is 1.97 bits per heavy atom. The van der Waals surface area contributed by atoms with Gasteiger partial charge in [0.2, 0.25) is 0 Å². The van der Waals surface area contributed by atoms with Crippen molar-refractivity contribution < 1.29 is 4.79 Å². The van der Waals surface area contributed by atoms with Gasteiger partial charge in [0, 0.05) is 40.4 Å². The molecule has 4 nitrogen and oxygen atoms in total. The Morgan fingerprint density at radius 3 is 2.68 bits per heavy atom. The summed E-state index contributed by atoms with van der Waals surface area (Å²) in [4.78, 5) is 14.8. The minimum absolute atomic E-state index is 0.0604. The molecular weight excluding hydrogens is 485 g/mol. The van der Waals surface area contributed by atoms with E-state index in [4.69, 9.17) is 35.4 Å². The second kappa shape index (κ2) is 9.00. The number of thiocarbonyl (C=S) groups is 1. The Bertz CT molecular complexity index is 1150. The van der Waals surface area contributed by atoms with Gasteiger partial charge in [0.1, 0.15) is 0 Å². The summed E-state index contributed by atoms with van der Waals surface area (Å²) in [5.74, 6) is 2.23. The van der Waals surface area contributed by atoms with Gasteiger partial charge in [-0.3, -0.25) is 4.79 Å². The lowest BCUT2D eigenvalue weighted by atomic mass is 9.45. The molecule has 4 unspecified atom stereocenters. The maximum atomic E-state index is 12.9. The Kier molecular flexibility index (Phi) is 6.33. The van der Waals surface area contributed by atoms with Crippen LogP contribution in [0.4, 0.5) is 5.69 Å². The van der Waals surface area contributed by atoms with Gasteiger partial charge in [0.25, 0.3) is 5.91 Å². The smallest absolute Gasteiger partial charge is 0.254 e. The van der Waals surface area contributed by atoms with E-state index in [9.17, 15) is 4.79 Å². The molecule has 4 aliphatic rings. The molecule has 0 radical (unpaired) electrons. The second-order valence-electron chi connectivity index (χ2n) is 10.7. The van der Waals surface area contributed by atoms with Crippen LogP contribution in [0.15, 0.2) is 36.4 Å². The number of fused-ring (bicyclic) bond motifs is 3. The Labute approximate surface area is 217 Å². The van der Waals surface area contributed by atoms with Crippen LogP contribution < -0.4 is 10.6 Å². The normalized spacial score (nSPS) is 26.6. The second-order valence-corrected chi connectivity index (χ2v) is 12.0. The van der Waals surface area contributed by atoms with E-state index in [1.54, 1.807) is 6.07 Å². The van der Waals surface area contributed by atoms with Crippen molar-refractivity contribution in [3.05, 3.63) is 63.1 Å². The van der Waals surface area contributed by atoms with E-state index in [1.807, 2.05) is 35.2 Å². The third-order valence-electron chi connectivity index (χ3n) is 8.58. The lowest BCUT2D eigenvalue weighted by molar-refractivity contribution is -0.111. The summed E-state index contributed by atoms with van der Waals surface area (Å²) in [6.07, 6.45) is 3.22. The van der Waals surface area contributed by atoms with Crippen molar-refractivity contribution in [3.8, 4) is 0 Å². The molecule has 1 aliphatic heterocycles. The van der Waals surface area contributed by atoms with Crippen molar-refractivity contribution in [3.63, 3.8) is 0 Å². The van der Waals surface area contributed by atoms with Crippen LogP contribution in [0.25, 0.3) is 0 Å². The number of nitrogens with one attached hydrogen (secondary N) is 2. The topological polar surface area (TPSA) is 44.4 Å². The van der Waals surface area contributed by atoms with Crippen LogP contribution in [-0.2, 0) is 13.0 Å². The van der Waals surface area contributed by atoms with Crippen molar-refractivity contribution in [2.75, 3.05) is 11.9 Å². The predicted molar refractivity (Wildman–Crippen MR) is 144 cm³/mol. The Morgan fingerprint density at radius 1 is 1.18 bits per heavy atom. The molecule has 180 valence electrons. The molecule has 4 atom stereocenters. The SMILES string of the molecule is CC1C(NC(=S)Nc2ccc3c(c2)CN(CCc2ccc(Cl)cc2Cl)C3=O)CC2CC1C2(C)C. The number of halogens is 2. The zero-order valence-corrected chi connectivity index (χ0v) is 22.2. The zero-order chi connectivity index (χ0) is 24.2. The zero-order valence-electron chi connectivity index (χ0n) is 19.8. The molecule has 2 N–H and O–H groups in total. The van der Waals surface area contributed by atoms with E-state index in [0.29, 0.717) is 52.0 Å². The number of hydrogen-bond donors (Lipinski definition) is 2. The average molecular weight is 517 g/mol. The summed E-state index contributed by atoms with van der Waals surface area (Å²) in [6, 6.07) is 11.8. The van der Waals surface area contributed by atoms with E-state index < -0.39 is 0 Å². The molecule has 2 bridgehead atoms. The van der Waals surface area contributed by atoms with Gasteiger partial charge in [-0.15, -0.1) is 0 Å². The van der Waals surface area contributed by atoms with Crippen molar-refractivity contribution in [2.24, 2.45) is 23.2 Å². The van der Waals surface area contributed by atoms with Gasteiger partial charge in [-0.1, -0.05) is 50.0 Å². The average Bonchev–Trinajstić information content (AvgIpc) is 3.09. The first kappa shape index (κ1) is 23.9. The van der Waals surface area contributed by atoms with Gasteiger partial charge in [0.15, 0.2) is 5.11 Å².